The molecule has 0 aliphatic heterocycles. The van der Waals surface area contributed by atoms with Crippen LogP contribution in [0.25, 0.3) is 0 Å². The van der Waals surface area contributed by atoms with Gasteiger partial charge >= 0.3 is 0 Å². The number of hydrogen-bond acceptors (Lipinski definition) is 2. The lowest BCUT2D eigenvalue weighted by Crippen LogP contribution is -2.21. The van der Waals surface area contributed by atoms with Gasteiger partial charge in [-0.05, 0) is 36.8 Å². The molecule has 2 nitrogen and oxygen atoms in total. The number of nitrogens with zero attached hydrogens (tertiary/aromatic N) is 1. The van der Waals surface area contributed by atoms with Crippen LogP contribution in [0.2, 0.25) is 0 Å². The summed E-state index contributed by atoms with van der Waals surface area (Å²) in [4.78, 5) is 4.32. The Morgan fingerprint density at radius 3 is 2.74 bits per heavy atom. The molecule has 1 aromatic heterocycles. The van der Waals surface area contributed by atoms with Crippen LogP contribution in [-0.2, 0) is 6.42 Å². The SMILES string of the molecule is CC(NCCc1ccccn1)c1ccc(Br)cc1Br. The first-order chi connectivity index (χ1) is 9.16. The lowest BCUT2D eigenvalue weighted by atomic mass is 10.1. The summed E-state index contributed by atoms with van der Waals surface area (Å²) in [7, 11) is 0. The second kappa shape index (κ2) is 7.17. The van der Waals surface area contributed by atoms with Crippen LogP contribution >= 0.6 is 31.9 Å². The molecule has 0 spiro atoms. The van der Waals surface area contributed by atoms with Gasteiger partial charge in [0.15, 0.2) is 0 Å². The predicted molar refractivity (Wildman–Crippen MR) is 86.2 cm³/mol. The molecule has 4 heteroatoms. The van der Waals surface area contributed by atoms with Crippen molar-refractivity contribution in [2.45, 2.75) is 19.4 Å². The summed E-state index contributed by atoms with van der Waals surface area (Å²) in [6.07, 6.45) is 2.78. The molecule has 0 radical (unpaired) electrons. The van der Waals surface area contributed by atoms with E-state index in [0.717, 1.165) is 27.6 Å². The molecule has 1 aromatic carbocycles. The Labute approximate surface area is 130 Å². The lowest BCUT2D eigenvalue weighted by Gasteiger charge is -2.16. The molecule has 1 heterocycles. The third-order valence-corrected chi connectivity index (χ3v) is 4.17. The first kappa shape index (κ1) is 14.7. The van der Waals surface area contributed by atoms with Gasteiger partial charge in [0.2, 0.25) is 0 Å². The minimum absolute atomic E-state index is 0.311. The van der Waals surface area contributed by atoms with Crippen LogP contribution in [0.15, 0.2) is 51.5 Å². The Morgan fingerprint density at radius 1 is 1.21 bits per heavy atom. The zero-order chi connectivity index (χ0) is 13.7. The first-order valence-corrected chi connectivity index (χ1v) is 7.83. The van der Waals surface area contributed by atoms with Gasteiger partial charge in [-0.1, -0.05) is 44.0 Å². The Kier molecular flexibility index (Phi) is 5.55. The van der Waals surface area contributed by atoms with Crippen molar-refractivity contribution < 1.29 is 0 Å². The van der Waals surface area contributed by atoms with Crippen molar-refractivity contribution >= 4 is 31.9 Å². The fraction of sp³-hybridized carbons (Fsp3) is 0.267. The van der Waals surface area contributed by atoms with Crippen LogP contribution in [0.3, 0.4) is 0 Å². The Balaban J connectivity index is 1.89. The van der Waals surface area contributed by atoms with Gasteiger partial charge in [-0.2, -0.15) is 0 Å². The molecule has 0 saturated carbocycles. The molecular weight excluding hydrogens is 368 g/mol. The number of nitrogens with one attached hydrogen (secondary N) is 1. The van der Waals surface area contributed by atoms with Crippen molar-refractivity contribution in [3.63, 3.8) is 0 Å². The van der Waals surface area contributed by atoms with E-state index in [2.05, 4.69) is 73.3 Å². The normalized spacial score (nSPS) is 12.4. The van der Waals surface area contributed by atoms with Crippen molar-refractivity contribution in [2.75, 3.05) is 6.54 Å². The van der Waals surface area contributed by atoms with Crippen LogP contribution in [0.1, 0.15) is 24.2 Å². The van der Waals surface area contributed by atoms with E-state index in [1.54, 1.807) is 0 Å². The van der Waals surface area contributed by atoms with Gasteiger partial charge in [0, 0.05) is 39.8 Å². The monoisotopic (exact) mass is 382 g/mol. The predicted octanol–water partition coefficient (Wildman–Crippen LogP) is 4.50. The summed E-state index contributed by atoms with van der Waals surface area (Å²) < 4.78 is 2.21. The van der Waals surface area contributed by atoms with Gasteiger partial charge in [-0.15, -0.1) is 0 Å². The highest BCUT2D eigenvalue weighted by Crippen LogP contribution is 2.26. The topological polar surface area (TPSA) is 24.9 Å². The van der Waals surface area contributed by atoms with E-state index in [1.807, 2.05) is 18.3 Å². The number of benzene rings is 1. The maximum absolute atomic E-state index is 4.32. The molecule has 0 fully saturated rings. The Morgan fingerprint density at radius 2 is 2.05 bits per heavy atom. The fourth-order valence-electron chi connectivity index (χ4n) is 1.93. The minimum atomic E-state index is 0.311. The van der Waals surface area contributed by atoms with Crippen molar-refractivity contribution in [2.24, 2.45) is 0 Å². The summed E-state index contributed by atoms with van der Waals surface area (Å²) in [5.41, 5.74) is 2.39. The van der Waals surface area contributed by atoms with E-state index < -0.39 is 0 Å². The highest BCUT2D eigenvalue weighted by Gasteiger charge is 2.08. The molecule has 0 bridgehead atoms. The molecule has 100 valence electrons. The highest BCUT2D eigenvalue weighted by molar-refractivity contribution is 9.11. The minimum Gasteiger partial charge on any atom is -0.310 e. The van der Waals surface area contributed by atoms with Crippen LogP contribution in [0.5, 0.6) is 0 Å². The summed E-state index contributed by atoms with van der Waals surface area (Å²) >= 11 is 7.07. The van der Waals surface area contributed by atoms with Crippen LogP contribution in [0, 0.1) is 0 Å². The van der Waals surface area contributed by atoms with E-state index >= 15 is 0 Å². The van der Waals surface area contributed by atoms with Gasteiger partial charge in [0.25, 0.3) is 0 Å². The molecule has 2 rings (SSSR count). The smallest absolute Gasteiger partial charge is 0.0416 e. The summed E-state index contributed by atoms with van der Waals surface area (Å²) in [5, 5.41) is 3.52. The molecule has 19 heavy (non-hydrogen) atoms. The van der Waals surface area contributed by atoms with E-state index in [1.165, 1.54) is 5.56 Å². The van der Waals surface area contributed by atoms with E-state index in [-0.39, 0.29) is 0 Å². The van der Waals surface area contributed by atoms with Crippen LogP contribution in [-0.4, -0.2) is 11.5 Å². The standard InChI is InChI=1S/C15H16Br2N2/c1-11(14-6-5-12(16)10-15(14)17)18-9-7-13-4-2-3-8-19-13/h2-6,8,10-11,18H,7,9H2,1H3. The van der Waals surface area contributed by atoms with Crippen LogP contribution in [0.4, 0.5) is 0 Å². The van der Waals surface area contributed by atoms with Gasteiger partial charge in [0.05, 0.1) is 0 Å². The Bertz CT molecular complexity index is 529. The number of aromatic nitrogens is 1. The number of hydrogen-bond donors (Lipinski definition) is 1. The van der Waals surface area contributed by atoms with Gasteiger partial charge in [-0.3, -0.25) is 4.98 Å². The third kappa shape index (κ3) is 4.41. The zero-order valence-corrected chi connectivity index (χ0v) is 13.9. The summed E-state index contributed by atoms with van der Waals surface area (Å²) in [6, 6.07) is 12.6. The highest BCUT2D eigenvalue weighted by atomic mass is 79.9. The second-order valence-corrected chi connectivity index (χ2v) is 6.18. The molecule has 0 aliphatic rings. The van der Waals surface area contributed by atoms with E-state index in [0.29, 0.717) is 6.04 Å². The van der Waals surface area contributed by atoms with E-state index in [4.69, 9.17) is 0 Å². The molecule has 0 saturated heterocycles. The zero-order valence-electron chi connectivity index (χ0n) is 10.7. The van der Waals surface area contributed by atoms with Gasteiger partial charge in [0.1, 0.15) is 0 Å². The van der Waals surface area contributed by atoms with Gasteiger partial charge in [-0.25, -0.2) is 0 Å². The number of rotatable bonds is 5. The summed E-state index contributed by atoms with van der Waals surface area (Å²) in [5.74, 6) is 0. The average Bonchev–Trinajstić information content (AvgIpc) is 2.39. The average molecular weight is 384 g/mol. The molecule has 0 amide bonds. The quantitative estimate of drug-likeness (QED) is 0.822. The van der Waals surface area contributed by atoms with Crippen molar-refractivity contribution in [1.29, 1.82) is 0 Å². The number of pyridine rings is 1. The maximum Gasteiger partial charge on any atom is 0.0416 e. The van der Waals surface area contributed by atoms with Crippen molar-refractivity contribution in [3.8, 4) is 0 Å². The molecule has 0 aliphatic carbocycles. The molecule has 2 aromatic rings. The first-order valence-electron chi connectivity index (χ1n) is 6.25. The Hall–Kier alpha value is -0.710. The second-order valence-electron chi connectivity index (χ2n) is 4.41. The molecular formula is C15H16Br2N2. The molecule has 1 atom stereocenters. The maximum atomic E-state index is 4.32. The van der Waals surface area contributed by atoms with Gasteiger partial charge < -0.3 is 5.32 Å². The molecule has 1 unspecified atom stereocenters. The van der Waals surface area contributed by atoms with Crippen molar-refractivity contribution in [1.82, 2.24) is 10.3 Å². The third-order valence-electron chi connectivity index (χ3n) is 2.99. The van der Waals surface area contributed by atoms with E-state index in [9.17, 15) is 0 Å². The molecule has 1 N–H and O–H groups in total. The van der Waals surface area contributed by atoms with Crippen molar-refractivity contribution in [3.05, 3.63) is 62.8 Å². The largest absolute Gasteiger partial charge is 0.310 e. The number of halogens is 2. The van der Waals surface area contributed by atoms with Crippen LogP contribution < -0.4 is 5.32 Å². The summed E-state index contributed by atoms with van der Waals surface area (Å²) in [6.45, 7) is 3.09. The lowest BCUT2D eigenvalue weighted by molar-refractivity contribution is 0.572. The fourth-order valence-corrected chi connectivity index (χ4v) is 3.32.